The summed E-state index contributed by atoms with van der Waals surface area (Å²) in [6, 6.07) is 13.4. The lowest BCUT2D eigenvalue weighted by molar-refractivity contribution is 0.299. The van der Waals surface area contributed by atoms with E-state index in [1.807, 2.05) is 49.4 Å². The van der Waals surface area contributed by atoms with Crippen molar-refractivity contribution >= 4 is 15.9 Å². The minimum Gasteiger partial charge on any atom is -0.457 e. The molecule has 0 aromatic heterocycles. The Morgan fingerprint density at radius 2 is 1.90 bits per heavy atom. The van der Waals surface area contributed by atoms with Crippen LogP contribution in [0.3, 0.4) is 0 Å². The van der Waals surface area contributed by atoms with Crippen LogP contribution in [0.5, 0.6) is 11.5 Å². The summed E-state index contributed by atoms with van der Waals surface area (Å²) >= 11 is 3.44. The van der Waals surface area contributed by atoms with Crippen LogP contribution in [0, 0.1) is 0 Å². The highest BCUT2D eigenvalue weighted by atomic mass is 79.9. The van der Waals surface area contributed by atoms with Crippen molar-refractivity contribution in [3.8, 4) is 11.5 Å². The summed E-state index contributed by atoms with van der Waals surface area (Å²) in [4.78, 5) is 0. The minimum atomic E-state index is -0.101. The molecule has 2 aromatic carbocycles. The summed E-state index contributed by atoms with van der Waals surface area (Å²) in [5, 5.41) is 8.90. The van der Waals surface area contributed by atoms with E-state index in [1.54, 1.807) is 0 Å². The molecule has 0 aliphatic rings. The average molecular weight is 336 g/mol. The first-order valence-electron chi connectivity index (χ1n) is 6.53. The van der Waals surface area contributed by atoms with Crippen molar-refractivity contribution in [2.24, 2.45) is 5.73 Å². The SMILES string of the molecule is CC(N)c1cc(Br)ccc1Oc1ccc(CCO)cc1. The summed E-state index contributed by atoms with van der Waals surface area (Å²) in [5.41, 5.74) is 8.02. The molecule has 3 N–H and O–H groups in total. The smallest absolute Gasteiger partial charge is 0.132 e. The number of halogens is 1. The Morgan fingerprint density at radius 1 is 1.20 bits per heavy atom. The third kappa shape index (κ3) is 3.82. The van der Waals surface area contributed by atoms with Gasteiger partial charge in [0.2, 0.25) is 0 Å². The van der Waals surface area contributed by atoms with Gasteiger partial charge in [-0.3, -0.25) is 0 Å². The van der Waals surface area contributed by atoms with Gasteiger partial charge in [-0.2, -0.15) is 0 Å². The molecule has 3 nitrogen and oxygen atoms in total. The molecule has 0 fully saturated rings. The summed E-state index contributed by atoms with van der Waals surface area (Å²) in [6.07, 6.45) is 0.656. The first-order chi connectivity index (χ1) is 9.60. The van der Waals surface area contributed by atoms with E-state index in [0.29, 0.717) is 6.42 Å². The van der Waals surface area contributed by atoms with Crippen LogP contribution >= 0.6 is 15.9 Å². The molecule has 0 aliphatic heterocycles. The van der Waals surface area contributed by atoms with E-state index < -0.39 is 0 Å². The summed E-state index contributed by atoms with van der Waals surface area (Å²) in [7, 11) is 0. The van der Waals surface area contributed by atoms with Gasteiger partial charge in [0.1, 0.15) is 11.5 Å². The van der Waals surface area contributed by atoms with E-state index in [0.717, 1.165) is 27.1 Å². The first kappa shape index (κ1) is 15.0. The van der Waals surface area contributed by atoms with Gasteiger partial charge in [0.15, 0.2) is 0 Å². The Bertz CT molecular complexity index is 567. The molecule has 0 radical (unpaired) electrons. The first-order valence-corrected chi connectivity index (χ1v) is 7.32. The number of ether oxygens (including phenoxy) is 1. The monoisotopic (exact) mass is 335 g/mol. The molecule has 0 spiro atoms. The Kier molecular flexibility index (Phi) is 5.17. The van der Waals surface area contributed by atoms with Crippen LogP contribution in [0.25, 0.3) is 0 Å². The maximum Gasteiger partial charge on any atom is 0.132 e. The van der Waals surface area contributed by atoms with Gasteiger partial charge >= 0.3 is 0 Å². The fourth-order valence-electron chi connectivity index (χ4n) is 1.95. The fourth-order valence-corrected chi connectivity index (χ4v) is 2.33. The molecule has 0 heterocycles. The van der Waals surface area contributed by atoms with Crippen LogP contribution in [0.15, 0.2) is 46.9 Å². The van der Waals surface area contributed by atoms with E-state index in [4.69, 9.17) is 15.6 Å². The molecule has 4 heteroatoms. The van der Waals surface area contributed by atoms with Gasteiger partial charge in [0.25, 0.3) is 0 Å². The zero-order chi connectivity index (χ0) is 14.5. The molecular weight excluding hydrogens is 318 g/mol. The number of hydrogen-bond acceptors (Lipinski definition) is 3. The van der Waals surface area contributed by atoms with Gasteiger partial charge in [-0.05, 0) is 49.2 Å². The zero-order valence-corrected chi connectivity index (χ0v) is 12.9. The molecule has 0 saturated carbocycles. The lowest BCUT2D eigenvalue weighted by Crippen LogP contribution is -2.06. The van der Waals surface area contributed by atoms with E-state index in [1.165, 1.54) is 0 Å². The third-order valence-electron chi connectivity index (χ3n) is 3.01. The van der Waals surface area contributed by atoms with Gasteiger partial charge < -0.3 is 15.6 Å². The second kappa shape index (κ2) is 6.88. The third-order valence-corrected chi connectivity index (χ3v) is 3.51. The number of nitrogens with two attached hydrogens (primary N) is 1. The highest BCUT2D eigenvalue weighted by molar-refractivity contribution is 9.10. The van der Waals surface area contributed by atoms with Crippen LogP contribution < -0.4 is 10.5 Å². The van der Waals surface area contributed by atoms with Crippen molar-refractivity contribution < 1.29 is 9.84 Å². The van der Waals surface area contributed by atoms with Crippen LogP contribution in [-0.2, 0) is 6.42 Å². The van der Waals surface area contributed by atoms with Crippen LogP contribution in [0.2, 0.25) is 0 Å². The van der Waals surface area contributed by atoms with E-state index >= 15 is 0 Å². The van der Waals surface area contributed by atoms with Gasteiger partial charge in [0.05, 0.1) is 0 Å². The van der Waals surface area contributed by atoms with Crippen molar-refractivity contribution in [1.82, 2.24) is 0 Å². The topological polar surface area (TPSA) is 55.5 Å². The van der Waals surface area contributed by atoms with Crippen molar-refractivity contribution in [3.05, 3.63) is 58.1 Å². The number of hydrogen-bond donors (Lipinski definition) is 2. The lowest BCUT2D eigenvalue weighted by atomic mass is 10.1. The van der Waals surface area contributed by atoms with Crippen molar-refractivity contribution in [2.45, 2.75) is 19.4 Å². The molecule has 2 rings (SSSR count). The highest BCUT2D eigenvalue weighted by Gasteiger charge is 2.09. The van der Waals surface area contributed by atoms with Crippen molar-refractivity contribution in [2.75, 3.05) is 6.61 Å². The Morgan fingerprint density at radius 3 is 2.50 bits per heavy atom. The quantitative estimate of drug-likeness (QED) is 0.873. The molecule has 2 aromatic rings. The molecule has 20 heavy (non-hydrogen) atoms. The Labute approximate surface area is 127 Å². The number of rotatable bonds is 5. The maximum atomic E-state index is 8.90. The van der Waals surface area contributed by atoms with Crippen molar-refractivity contribution in [3.63, 3.8) is 0 Å². The van der Waals surface area contributed by atoms with E-state index in [2.05, 4.69) is 15.9 Å². The average Bonchev–Trinajstić information content (AvgIpc) is 2.43. The second-order valence-corrected chi connectivity index (χ2v) is 5.61. The van der Waals surface area contributed by atoms with Crippen molar-refractivity contribution in [1.29, 1.82) is 0 Å². The standard InChI is InChI=1S/C16H18BrNO2/c1-11(18)15-10-13(17)4-7-16(15)20-14-5-2-12(3-6-14)8-9-19/h2-7,10-11,19H,8-9,18H2,1H3. The number of benzene rings is 2. The molecule has 0 bridgehead atoms. The molecule has 1 atom stereocenters. The largest absolute Gasteiger partial charge is 0.457 e. The normalized spacial score (nSPS) is 12.2. The minimum absolute atomic E-state index is 0.101. The zero-order valence-electron chi connectivity index (χ0n) is 11.3. The number of aliphatic hydroxyl groups excluding tert-OH is 1. The Hall–Kier alpha value is -1.36. The van der Waals surface area contributed by atoms with Crippen LogP contribution in [-0.4, -0.2) is 11.7 Å². The predicted octanol–water partition coefficient (Wildman–Crippen LogP) is 3.80. The molecular formula is C16H18BrNO2. The maximum absolute atomic E-state index is 8.90. The Balaban J connectivity index is 2.21. The second-order valence-electron chi connectivity index (χ2n) is 4.69. The summed E-state index contributed by atoms with van der Waals surface area (Å²) in [6.45, 7) is 2.08. The van der Waals surface area contributed by atoms with E-state index in [9.17, 15) is 0 Å². The van der Waals surface area contributed by atoms with E-state index in [-0.39, 0.29) is 12.6 Å². The lowest BCUT2D eigenvalue weighted by Gasteiger charge is -2.14. The predicted molar refractivity (Wildman–Crippen MR) is 84.1 cm³/mol. The summed E-state index contributed by atoms with van der Waals surface area (Å²) in [5.74, 6) is 1.52. The van der Waals surface area contributed by atoms with Gasteiger partial charge in [-0.15, -0.1) is 0 Å². The molecule has 1 unspecified atom stereocenters. The fraction of sp³-hybridized carbons (Fsp3) is 0.250. The molecule has 0 saturated heterocycles. The highest BCUT2D eigenvalue weighted by Crippen LogP contribution is 2.31. The van der Waals surface area contributed by atoms with Crippen LogP contribution in [0.1, 0.15) is 24.1 Å². The number of aliphatic hydroxyl groups is 1. The van der Waals surface area contributed by atoms with Crippen LogP contribution in [0.4, 0.5) is 0 Å². The van der Waals surface area contributed by atoms with Gasteiger partial charge in [0, 0.05) is 22.7 Å². The molecule has 0 aliphatic carbocycles. The van der Waals surface area contributed by atoms with Gasteiger partial charge in [-0.1, -0.05) is 28.1 Å². The van der Waals surface area contributed by atoms with Gasteiger partial charge in [-0.25, -0.2) is 0 Å². The molecule has 106 valence electrons. The summed E-state index contributed by atoms with van der Waals surface area (Å²) < 4.78 is 6.88. The molecule has 0 amide bonds.